The molecule has 0 aromatic heterocycles. The monoisotopic (exact) mass is 202 g/mol. The van der Waals surface area contributed by atoms with Gasteiger partial charge < -0.3 is 4.90 Å². The maximum absolute atomic E-state index is 11.9. The second kappa shape index (κ2) is 4.61. The molecule has 1 aromatic rings. The third-order valence-corrected chi connectivity index (χ3v) is 2.28. The van der Waals surface area contributed by atoms with Gasteiger partial charge in [-0.2, -0.15) is 5.26 Å². The molecule has 3 heteroatoms. The van der Waals surface area contributed by atoms with Gasteiger partial charge in [-0.05, 0) is 25.5 Å². The second-order valence-electron chi connectivity index (χ2n) is 3.64. The highest BCUT2D eigenvalue weighted by atomic mass is 16.2. The van der Waals surface area contributed by atoms with Gasteiger partial charge in [0.05, 0.1) is 6.07 Å². The smallest absolute Gasteiger partial charge is 0.254 e. The highest BCUT2D eigenvalue weighted by Crippen LogP contribution is 2.12. The van der Waals surface area contributed by atoms with Crippen molar-refractivity contribution >= 4 is 5.91 Å². The van der Waals surface area contributed by atoms with E-state index in [0.29, 0.717) is 5.56 Å². The van der Waals surface area contributed by atoms with Crippen LogP contribution in [-0.2, 0) is 0 Å². The van der Waals surface area contributed by atoms with Gasteiger partial charge in [0.25, 0.3) is 5.91 Å². The van der Waals surface area contributed by atoms with E-state index in [9.17, 15) is 4.79 Å². The third-order valence-electron chi connectivity index (χ3n) is 2.28. The molecular weight excluding hydrogens is 188 g/mol. The van der Waals surface area contributed by atoms with E-state index in [1.54, 1.807) is 7.05 Å². The number of rotatable bonds is 2. The van der Waals surface area contributed by atoms with Crippen molar-refractivity contribution in [2.45, 2.75) is 13.8 Å². The molecule has 1 aromatic carbocycles. The van der Waals surface area contributed by atoms with Crippen LogP contribution in [0.15, 0.2) is 18.2 Å². The van der Waals surface area contributed by atoms with Crippen LogP contribution in [0.2, 0.25) is 0 Å². The predicted molar refractivity (Wildman–Crippen MR) is 58.5 cm³/mol. The lowest BCUT2D eigenvalue weighted by Gasteiger charge is -2.15. The van der Waals surface area contributed by atoms with E-state index in [1.165, 1.54) is 4.90 Å². The number of nitrogens with zero attached hydrogens (tertiary/aromatic N) is 2. The first-order valence-corrected chi connectivity index (χ1v) is 4.76. The molecule has 0 bridgehead atoms. The fourth-order valence-electron chi connectivity index (χ4n) is 1.35. The molecule has 0 fully saturated rings. The minimum Gasteiger partial charge on any atom is -0.328 e. The first kappa shape index (κ1) is 11.3. The van der Waals surface area contributed by atoms with Crippen LogP contribution in [0.5, 0.6) is 0 Å². The lowest BCUT2D eigenvalue weighted by Crippen LogP contribution is -2.27. The number of carbonyl (C=O) groups is 1. The highest BCUT2D eigenvalue weighted by Gasteiger charge is 2.13. The average Bonchev–Trinajstić information content (AvgIpc) is 2.21. The van der Waals surface area contributed by atoms with Crippen LogP contribution in [0, 0.1) is 25.2 Å². The van der Waals surface area contributed by atoms with Gasteiger partial charge in [0, 0.05) is 12.6 Å². The number of nitriles is 1. The topological polar surface area (TPSA) is 44.1 Å². The summed E-state index contributed by atoms with van der Waals surface area (Å²) in [6.45, 7) is 3.96. The van der Waals surface area contributed by atoms with Crippen molar-refractivity contribution in [1.29, 1.82) is 5.26 Å². The molecule has 3 nitrogen and oxygen atoms in total. The van der Waals surface area contributed by atoms with Crippen LogP contribution in [0.25, 0.3) is 0 Å². The molecule has 0 saturated heterocycles. The Morgan fingerprint density at radius 1 is 1.47 bits per heavy atom. The molecule has 1 amide bonds. The van der Waals surface area contributed by atoms with E-state index >= 15 is 0 Å². The van der Waals surface area contributed by atoms with Gasteiger partial charge >= 0.3 is 0 Å². The maximum Gasteiger partial charge on any atom is 0.254 e. The van der Waals surface area contributed by atoms with E-state index in [4.69, 9.17) is 5.26 Å². The van der Waals surface area contributed by atoms with E-state index < -0.39 is 0 Å². The van der Waals surface area contributed by atoms with Gasteiger partial charge in [0.15, 0.2) is 0 Å². The Hall–Kier alpha value is -1.82. The van der Waals surface area contributed by atoms with Crippen LogP contribution < -0.4 is 0 Å². The van der Waals surface area contributed by atoms with Gasteiger partial charge in [0.2, 0.25) is 0 Å². The lowest BCUT2D eigenvalue weighted by atomic mass is 10.0. The Kier molecular flexibility index (Phi) is 3.46. The van der Waals surface area contributed by atoms with Gasteiger partial charge in [-0.25, -0.2) is 0 Å². The van der Waals surface area contributed by atoms with E-state index in [-0.39, 0.29) is 12.5 Å². The zero-order valence-corrected chi connectivity index (χ0v) is 9.24. The molecule has 0 unspecified atom stereocenters. The lowest BCUT2D eigenvalue weighted by molar-refractivity contribution is 0.0811. The molecule has 0 saturated carbocycles. The summed E-state index contributed by atoms with van der Waals surface area (Å²) in [7, 11) is 1.63. The predicted octanol–water partition coefficient (Wildman–Crippen LogP) is 1.90. The minimum absolute atomic E-state index is 0.0993. The summed E-state index contributed by atoms with van der Waals surface area (Å²) in [5, 5.41) is 8.51. The SMILES string of the molecule is Cc1ccc(C)c(C(=O)N(C)CC#N)c1. The van der Waals surface area contributed by atoms with Crippen molar-refractivity contribution in [2.24, 2.45) is 0 Å². The molecule has 0 aliphatic heterocycles. The van der Waals surface area contributed by atoms with Crippen molar-refractivity contribution in [1.82, 2.24) is 4.90 Å². The highest BCUT2D eigenvalue weighted by molar-refractivity contribution is 5.95. The summed E-state index contributed by atoms with van der Waals surface area (Å²) in [4.78, 5) is 13.3. The number of hydrogen-bond donors (Lipinski definition) is 0. The summed E-state index contributed by atoms with van der Waals surface area (Å²) < 4.78 is 0. The Balaban J connectivity index is 3.01. The van der Waals surface area contributed by atoms with Gasteiger partial charge in [0.1, 0.15) is 6.54 Å². The molecule has 0 spiro atoms. The van der Waals surface area contributed by atoms with Crippen LogP contribution in [-0.4, -0.2) is 24.4 Å². The minimum atomic E-state index is -0.0993. The fourth-order valence-corrected chi connectivity index (χ4v) is 1.35. The molecule has 0 aliphatic carbocycles. The van der Waals surface area contributed by atoms with Crippen molar-refractivity contribution in [3.63, 3.8) is 0 Å². The number of amides is 1. The summed E-state index contributed by atoms with van der Waals surface area (Å²) in [6.07, 6.45) is 0. The molecule has 0 heterocycles. The van der Waals surface area contributed by atoms with Crippen LogP contribution in [0.1, 0.15) is 21.5 Å². The molecule has 1 rings (SSSR count). The summed E-state index contributed by atoms with van der Waals surface area (Å²) >= 11 is 0. The molecule has 15 heavy (non-hydrogen) atoms. The number of benzene rings is 1. The van der Waals surface area contributed by atoms with Gasteiger partial charge in [-0.15, -0.1) is 0 Å². The molecular formula is C12H14N2O. The number of aryl methyl sites for hydroxylation is 2. The Labute approximate surface area is 89.9 Å². The van der Waals surface area contributed by atoms with Crippen LogP contribution in [0.4, 0.5) is 0 Å². The summed E-state index contributed by atoms with van der Waals surface area (Å²) in [5.74, 6) is -0.0993. The number of carbonyl (C=O) groups excluding carboxylic acids is 1. The normalized spacial score (nSPS) is 9.47. The Morgan fingerprint density at radius 2 is 2.13 bits per heavy atom. The Bertz CT molecular complexity index is 418. The largest absolute Gasteiger partial charge is 0.328 e. The van der Waals surface area contributed by atoms with Crippen LogP contribution >= 0.6 is 0 Å². The van der Waals surface area contributed by atoms with Gasteiger partial charge in [-0.1, -0.05) is 17.7 Å². The van der Waals surface area contributed by atoms with Crippen molar-refractivity contribution in [2.75, 3.05) is 13.6 Å². The first-order valence-electron chi connectivity index (χ1n) is 4.76. The molecule has 78 valence electrons. The van der Waals surface area contributed by atoms with Crippen molar-refractivity contribution < 1.29 is 4.79 Å². The Morgan fingerprint density at radius 3 is 2.73 bits per heavy atom. The third kappa shape index (κ3) is 2.57. The van der Waals surface area contributed by atoms with E-state index in [2.05, 4.69) is 0 Å². The second-order valence-corrected chi connectivity index (χ2v) is 3.64. The average molecular weight is 202 g/mol. The first-order chi connectivity index (χ1) is 7.06. The van der Waals surface area contributed by atoms with Gasteiger partial charge in [-0.3, -0.25) is 4.79 Å². The van der Waals surface area contributed by atoms with Crippen molar-refractivity contribution in [3.8, 4) is 6.07 Å². The summed E-state index contributed by atoms with van der Waals surface area (Å²) in [5.41, 5.74) is 2.66. The molecule has 0 N–H and O–H groups in total. The fraction of sp³-hybridized carbons (Fsp3) is 0.333. The molecule has 0 radical (unpaired) electrons. The van der Waals surface area contributed by atoms with E-state index in [1.807, 2.05) is 38.1 Å². The number of hydrogen-bond acceptors (Lipinski definition) is 2. The van der Waals surface area contributed by atoms with Crippen LogP contribution in [0.3, 0.4) is 0 Å². The zero-order chi connectivity index (χ0) is 11.4. The maximum atomic E-state index is 11.9. The van der Waals surface area contributed by atoms with E-state index in [0.717, 1.165) is 11.1 Å². The van der Waals surface area contributed by atoms with Crippen molar-refractivity contribution in [3.05, 3.63) is 34.9 Å². The molecule has 0 aliphatic rings. The zero-order valence-electron chi connectivity index (χ0n) is 9.24. The molecule has 0 atom stereocenters. The summed E-state index contributed by atoms with van der Waals surface area (Å²) in [6, 6.07) is 7.70. The standard InChI is InChI=1S/C12H14N2O/c1-9-4-5-10(2)11(8-9)12(15)14(3)7-6-13/h4-5,8H,7H2,1-3H3. The quantitative estimate of drug-likeness (QED) is 0.687.